The van der Waals surface area contributed by atoms with E-state index < -0.39 is 0 Å². The molecule has 116 valence electrons. The zero-order chi connectivity index (χ0) is 15.2. The Bertz CT molecular complexity index is 450. The molecule has 1 aliphatic rings. The maximum Gasteiger partial charge on any atom is 0.119 e. The molecule has 0 aliphatic carbocycles. The van der Waals surface area contributed by atoms with Gasteiger partial charge in [0.1, 0.15) is 10.7 Å². The van der Waals surface area contributed by atoms with Gasteiger partial charge in [-0.1, -0.05) is 18.6 Å². The second-order valence-electron chi connectivity index (χ2n) is 5.96. The molecule has 0 aromatic heterocycles. The van der Waals surface area contributed by atoms with E-state index >= 15 is 0 Å². The summed E-state index contributed by atoms with van der Waals surface area (Å²) in [4.78, 5) is 3.04. The molecule has 0 spiro atoms. The van der Waals surface area contributed by atoms with Crippen molar-refractivity contribution < 1.29 is 4.74 Å². The van der Waals surface area contributed by atoms with Crippen LogP contribution in [0.1, 0.15) is 45.1 Å². The van der Waals surface area contributed by atoms with Crippen LogP contribution in [0.25, 0.3) is 0 Å². The summed E-state index contributed by atoms with van der Waals surface area (Å²) in [5.41, 5.74) is 6.46. The van der Waals surface area contributed by atoms with Crippen molar-refractivity contribution in [2.24, 2.45) is 5.73 Å². The predicted octanol–water partition coefficient (Wildman–Crippen LogP) is 3.35. The molecule has 2 rings (SSSR count). The van der Waals surface area contributed by atoms with E-state index in [4.69, 9.17) is 22.7 Å². The first kappa shape index (κ1) is 16.2. The number of hydrogen-bond donors (Lipinski definition) is 1. The zero-order valence-electron chi connectivity index (χ0n) is 13.0. The van der Waals surface area contributed by atoms with Crippen molar-refractivity contribution in [2.45, 2.75) is 51.6 Å². The molecule has 1 heterocycles. The fourth-order valence-corrected chi connectivity index (χ4v) is 3.20. The van der Waals surface area contributed by atoms with Crippen LogP contribution in [0, 0.1) is 0 Å². The summed E-state index contributed by atoms with van der Waals surface area (Å²) in [6, 6.07) is 9.09. The van der Waals surface area contributed by atoms with Gasteiger partial charge in [0.2, 0.25) is 0 Å². The smallest absolute Gasteiger partial charge is 0.119 e. The molecule has 1 saturated heterocycles. The molecular weight excluding hydrogens is 280 g/mol. The van der Waals surface area contributed by atoms with Crippen molar-refractivity contribution in [1.29, 1.82) is 0 Å². The number of rotatable bonds is 6. The van der Waals surface area contributed by atoms with Crippen LogP contribution >= 0.6 is 12.2 Å². The molecule has 2 atom stereocenters. The van der Waals surface area contributed by atoms with Crippen LogP contribution in [0.3, 0.4) is 0 Å². The van der Waals surface area contributed by atoms with Crippen LogP contribution in [-0.4, -0.2) is 35.1 Å². The SMILES string of the molecule is C[C@@H]1CCC[C@H](C)N1CCCOc1ccc(C(N)=S)cc1. The third kappa shape index (κ3) is 4.68. The summed E-state index contributed by atoms with van der Waals surface area (Å²) >= 11 is 4.94. The van der Waals surface area contributed by atoms with Crippen molar-refractivity contribution in [3.05, 3.63) is 29.8 Å². The van der Waals surface area contributed by atoms with Crippen molar-refractivity contribution in [3.8, 4) is 5.75 Å². The predicted molar refractivity (Wildman–Crippen MR) is 91.9 cm³/mol. The highest BCUT2D eigenvalue weighted by Gasteiger charge is 2.23. The van der Waals surface area contributed by atoms with Crippen molar-refractivity contribution in [3.63, 3.8) is 0 Å². The maximum absolute atomic E-state index is 5.79. The average molecular weight is 306 g/mol. The Kier molecular flexibility index (Phi) is 6.00. The summed E-state index contributed by atoms with van der Waals surface area (Å²) in [6.45, 7) is 6.55. The lowest BCUT2D eigenvalue weighted by Crippen LogP contribution is -2.44. The quantitative estimate of drug-likeness (QED) is 0.646. The van der Waals surface area contributed by atoms with E-state index in [0.29, 0.717) is 17.1 Å². The Morgan fingerprint density at radius 1 is 1.24 bits per heavy atom. The summed E-state index contributed by atoms with van der Waals surface area (Å²) < 4.78 is 5.79. The van der Waals surface area contributed by atoms with Crippen LogP contribution in [0.4, 0.5) is 0 Å². The number of nitrogens with two attached hydrogens (primary N) is 1. The normalized spacial score (nSPS) is 23.0. The fraction of sp³-hybridized carbons (Fsp3) is 0.588. The van der Waals surface area contributed by atoms with E-state index in [1.165, 1.54) is 19.3 Å². The second-order valence-corrected chi connectivity index (χ2v) is 6.40. The highest BCUT2D eigenvalue weighted by Crippen LogP contribution is 2.22. The first-order chi connectivity index (χ1) is 10.1. The summed E-state index contributed by atoms with van der Waals surface area (Å²) in [6.07, 6.45) is 5.08. The Morgan fingerprint density at radius 2 is 1.86 bits per heavy atom. The first-order valence-corrected chi connectivity index (χ1v) is 8.27. The van der Waals surface area contributed by atoms with Crippen LogP contribution in [0.15, 0.2) is 24.3 Å². The minimum Gasteiger partial charge on any atom is -0.494 e. The van der Waals surface area contributed by atoms with Gasteiger partial charge in [0.15, 0.2) is 0 Å². The molecule has 0 amide bonds. The van der Waals surface area contributed by atoms with Crippen LogP contribution in [0.5, 0.6) is 5.75 Å². The Hall–Kier alpha value is -1.13. The molecule has 0 radical (unpaired) electrons. The number of hydrogen-bond acceptors (Lipinski definition) is 3. The fourth-order valence-electron chi connectivity index (χ4n) is 3.07. The largest absolute Gasteiger partial charge is 0.494 e. The molecule has 3 nitrogen and oxygen atoms in total. The monoisotopic (exact) mass is 306 g/mol. The van der Waals surface area contributed by atoms with Gasteiger partial charge >= 0.3 is 0 Å². The van der Waals surface area contributed by atoms with Gasteiger partial charge in [-0.05, 0) is 57.4 Å². The lowest BCUT2D eigenvalue weighted by Gasteiger charge is -2.39. The molecule has 1 aromatic rings. The minimum absolute atomic E-state index is 0.426. The molecule has 0 bridgehead atoms. The number of benzene rings is 1. The molecule has 1 aromatic carbocycles. The Balaban J connectivity index is 1.73. The van der Waals surface area contributed by atoms with Crippen LogP contribution in [-0.2, 0) is 0 Å². The number of piperidine rings is 1. The van der Waals surface area contributed by atoms with Crippen LogP contribution < -0.4 is 10.5 Å². The Labute approximate surface area is 133 Å². The van der Waals surface area contributed by atoms with Gasteiger partial charge in [-0.25, -0.2) is 0 Å². The number of ether oxygens (including phenoxy) is 1. The number of nitrogens with zero attached hydrogens (tertiary/aromatic N) is 1. The second kappa shape index (κ2) is 7.76. The lowest BCUT2D eigenvalue weighted by atomic mass is 9.97. The standard InChI is InChI=1S/C17H26N2OS/c1-13-5-3-6-14(2)19(13)11-4-12-20-16-9-7-15(8-10-16)17(18)21/h7-10,13-14H,3-6,11-12H2,1-2H3,(H2,18,21)/t13-,14+. The van der Waals surface area contributed by atoms with Gasteiger partial charge in [0.25, 0.3) is 0 Å². The van der Waals surface area contributed by atoms with Gasteiger partial charge in [0, 0.05) is 24.2 Å². The lowest BCUT2D eigenvalue weighted by molar-refractivity contribution is 0.0961. The van der Waals surface area contributed by atoms with E-state index in [2.05, 4.69) is 18.7 Å². The van der Waals surface area contributed by atoms with E-state index in [0.717, 1.165) is 30.9 Å². The topological polar surface area (TPSA) is 38.5 Å². The van der Waals surface area contributed by atoms with Gasteiger partial charge in [-0.2, -0.15) is 0 Å². The van der Waals surface area contributed by atoms with Gasteiger partial charge < -0.3 is 10.5 Å². The number of thiocarbonyl (C=S) groups is 1. The van der Waals surface area contributed by atoms with Crippen molar-refractivity contribution in [1.82, 2.24) is 4.90 Å². The van der Waals surface area contributed by atoms with E-state index in [-0.39, 0.29) is 0 Å². The first-order valence-electron chi connectivity index (χ1n) is 7.86. The molecule has 21 heavy (non-hydrogen) atoms. The van der Waals surface area contributed by atoms with Crippen molar-refractivity contribution in [2.75, 3.05) is 13.2 Å². The molecule has 2 N–H and O–H groups in total. The summed E-state index contributed by atoms with van der Waals surface area (Å²) in [5.74, 6) is 0.884. The molecule has 1 aliphatic heterocycles. The summed E-state index contributed by atoms with van der Waals surface area (Å²) in [5, 5.41) is 0. The number of likely N-dealkylation sites (tertiary alicyclic amines) is 1. The molecule has 0 unspecified atom stereocenters. The van der Waals surface area contributed by atoms with Crippen molar-refractivity contribution >= 4 is 17.2 Å². The minimum atomic E-state index is 0.426. The van der Waals surface area contributed by atoms with E-state index in [9.17, 15) is 0 Å². The molecule has 1 fully saturated rings. The molecule has 0 saturated carbocycles. The third-order valence-corrected chi connectivity index (χ3v) is 4.58. The highest BCUT2D eigenvalue weighted by molar-refractivity contribution is 7.80. The van der Waals surface area contributed by atoms with Gasteiger partial charge in [-0.3, -0.25) is 4.90 Å². The molecular formula is C17H26N2OS. The third-order valence-electron chi connectivity index (χ3n) is 4.34. The maximum atomic E-state index is 5.79. The van der Waals surface area contributed by atoms with E-state index in [1.54, 1.807) is 0 Å². The van der Waals surface area contributed by atoms with Gasteiger partial charge in [0.05, 0.1) is 6.61 Å². The highest BCUT2D eigenvalue weighted by atomic mass is 32.1. The zero-order valence-corrected chi connectivity index (χ0v) is 13.9. The van der Waals surface area contributed by atoms with E-state index in [1.807, 2.05) is 24.3 Å². The average Bonchev–Trinajstić information content (AvgIpc) is 2.46. The van der Waals surface area contributed by atoms with Gasteiger partial charge in [-0.15, -0.1) is 0 Å². The van der Waals surface area contributed by atoms with Crippen LogP contribution in [0.2, 0.25) is 0 Å². The summed E-state index contributed by atoms with van der Waals surface area (Å²) in [7, 11) is 0. The molecule has 4 heteroatoms. The Morgan fingerprint density at radius 3 is 2.43 bits per heavy atom.